The van der Waals surface area contributed by atoms with Crippen LogP contribution in [0, 0.1) is 0 Å². The zero-order valence-electron chi connectivity index (χ0n) is 10.8. The lowest BCUT2D eigenvalue weighted by molar-refractivity contribution is -0.122. The molecule has 0 aliphatic rings. The van der Waals surface area contributed by atoms with E-state index < -0.39 is 20.6 Å². The van der Waals surface area contributed by atoms with Crippen molar-refractivity contribution >= 4 is 15.7 Å². The van der Waals surface area contributed by atoms with Gasteiger partial charge in [-0.25, -0.2) is 8.42 Å². The van der Waals surface area contributed by atoms with E-state index in [2.05, 4.69) is 5.32 Å². The summed E-state index contributed by atoms with van der Waals surface area (Å²) in [5, 5.41) is 2.54. The van der Waals surface area contributed by atoms with Crippen molar-refractivity contribution in [2.24, 2.45) is 5.73 Å². The number of hydrogen-bond acceptors (Lipinski definition) is 5. The van der Waals surface area contributed by atoms with Gasteiger partial charge in [-0.3, -0.25) is 4.79 Å². The van der Waals surface area contributed by atoms with Crippen molar-refractivity contribution in [3.05, 3.63) is 0 Å². The predicted molar refractivity (Wildman–Crippen MR) is 66.4 cm³/mol. The lowest BCUT2D eigenvalue weighted by Crippen LogP contribution is -2.48. The van der Waals surface area contributed by atoms with Crippen LogP contribution >= 0.6 is 0 Å². The summed E-state index contributed by atoms with van der Waals surface area (Å²) in [6.45, 7) is 3.56. The monoisotopic (exact) mass is 266 g/mol. The fraction of sp³-hybridized carbons (Fsp3) is 0.900. The van der Waals surface area contributed by atoms with Gasteiger partial charge < -0.3 is 15.8 Å². The Morgan fingerprint density at radius 2 is 2.00 bits per heavy atom. The maximum atomic E-state index is 11.5. The first kappa shape index (κ1) is 16.3. The molecule has 3 N–H and O–H groups in total. The van der Waals surface area contributed by atoms with Crippen LogP contribution in [0.1, 0.15) is 20.3 Å². The maximum absolute atomic E-state index is 11.5. The second-order valence-electron chi connectivity index (χ2n) is 4.64. The smallest absolute Gasteiger partial charge is 0.237 e. The number of methoxy groups -OCH3 is 1. The molecule has 0 rings (SSSR count). The lowest BCUT2D eigenvalue weighted by Gasteiger charge is -2.23. The van der Waals surface area contributed by atoms with E-state index in [0.717, 1.165) is 6.26 Å². The molecule has 0 aliphatic heterocycles. The first-order valence-corrected chi connectivity index (χ1v) is 7.23. The van der Waals surface area contributed by atoms with Crippen molar-refractivity contribution in [3.8, 4) is 0 Å². The Kier molecular flexibility index (Phi) is 6.08. The number of carbonyl (C=O) groups is 1. The molecule has 0 fully saturated rings. The first-order chi connectivity index (χ1) is 7.62. The molecule has 0 bridgehead atoms. The summed E-state index contributed by atoms with van der Waals surface area (Å²) < 4.78 is 26.6. The van der Waals surface area contributed by atoms with E-state index >= 15 is 0 Å². The van der Waals surface area contributed by atoms with Gasteiger partial charge in [0.2, 0.25) is 5.91 Å². The molecule has 0 saturated carbocycles. The second-order valence-corrected chi connectivity index (χ2v) is 7.29. The molecule has 0 spiro atoms. The fourth-order valence-electron chi connectivity index (χ4n) is 0.938. The number of rotatable bonds is 7. The Morgan fingerprint density at radius 1 is 1.47 bits per heavy atom. The average Bonchev–Trinajstić information content (AvgIpc) is 2.20. The summed E-state index contributed by atoms with van der Waals surface area (Å²) in [6, 6.07) is -0.676. The average molecular weight is 266 g/mol. The molecule has 7 heteroatoms. The number of sulfone groups is 1. The van der Waals surface area contributed by atoms with Crippen LogP contribution in [0.2, 0.25) is 0 Å². The zero-order valence-corrected chi connectivity index (χ0v) is 11.6. The van der Waals surface area contributed by atoms with Crippen molar-refractivity contribution in [1.82, 2.24) is 5.32 Å². The molecule has 1 unspecified atom stereocenters. The summed E-state index contributed by atoms with van der Waals surface area (Å²) in [7, 11) is -1.70. The molecule has 1 atom stereocenters. The molecular formula is C10H22N2O4S. The molecule has 0 radical (unpaired) electrons. The highest BCUT2D eigenvalue weighted by atomic mass is 32.2. The topological polar surface area (TPSA) is 98.5 Å². The normalized spacial score (nSPS) is 14.4. The maximum Gasteiger partial charge on any atom is 0.237 e. The van der Waals surface area contributed by atoms with Crippen molar-refractivity contribution in [2.75, 3.05) is 26.5 Å². The van der Waals surface area contributed by atoms with Crippen molar-refractivity contribution in [2.45, 2.75) is 31.1 Å². The molecule has 0 aromatic carbocycles. The van der Waals surface area contributed by atoms with E-state index in [-0.39, 0.29) is 12.5 Å². The fourth-order valence-corrected chi connectivity index (χ4v) is 1.27. The lowest BCUT2D eigenvalue weighted by atomic mass is 10.2. The van der Waals surface area contributed by atoms with Crippen LogP contribution in [0.15, 0.2) is 0 Å². The van der Waals surface area contributed by atoms with Crippen molar-refractivity contribution < 1.29 is 17.9 Å². The Labute approximate surface area is 103 Å². The Bertz CT molecular complexity index is 351. The second kappa shape index (κ2) is 6.32. The summed E-state index contributed by atoms with van der Waals surface area (Å²) >= 11 is 0. The van der Waals surface area contributed by atoms with Crippen molar-refractivity contribution in [3.63, 3.8) is 0 Å². The Balaban J connectivity index is 4.25. The van der Waals surface area contributed by atoms with Gasteiger partial charge in [-0.15, -0.1) is 0 Å². The van der Waals surface area contributed by atoms with Gasteiger partial charge in [0, 0.05) is 26.5 Å². The largest absolute Gasteiger partial charge is 0.385 e. The first-order valence-electron chi connectivity index (χ1n) is 5.33. The number of hydrogen-bond donors (Lipinski definition) is 2. The van der Waals surface area contributed by atoms with Crippen molar-refractivity contribution in [1.29, 1.82) is 0 Å². The number of ether oxygens (including phenoxy) is 1. The summed E-state index contributed by atoms with van der Waals surface area (Å²) in [4.78, 5) is 11.5. The summed E-state index contributed by atoms with van der Waals surface area (Å²) in [5.41, 5.74) is 5.60. The van der Waals surface area contributed by atoms with Gasteiger partial charge >= 0.3 is 0 Å². The minimum absolute atomic E-state index is 0.0470. The third-order valence-electron chi connectivity index (χ3n) is 2.66. The molecule has 0 aromatic heterocycles. The predicted octanol–water partition coefficient (Wildman–Crippen LogP) is -0.710. The Hall–Kier alpha value is -0.660. The SMILES string of the molecule is COCCC(N)C(=O)NCC(C)(C)S(C)(=O)=O. The van der Waals surface area contributed by atoms with Gasteiger partial charge in [-0.2, -0.15) is 0 Å². The number of nitrogens with one attached hydrogen (secondary N) is 1. The van der Waals surface area contributed by atoms with Gasteiger partial charge in [0.1, 0.15) is 0 Å². The minimum Gasteiger partial charge on any atom is -0.385 e. The van der Waals surface area contributed by atoms with Gasteiger partial charge in [-0.05, 0) is 20.3 Å². The molecule has 0 aromatic rings. The van der Waals surface area contributed by atoms with Crippen LogP contribution in [0.25, 0.3) is 0 Å². The van der Waals surface area contributed by atoms with E-state index in [1.54, 1.807) is 13.8 Å². The van der Waals surface area contributed by atoms with Crippen LogP contribution < -0.4 is 11.1 Å². The van der Waals surface area contributed by atoms with E-state index in [9.17, 15) is 13.2 Å². The Morgan fingerprint density at radius 3 is 2.41 bits per heavy atom. The minimum atomic E-state index is -3.22. The highest BCUT2D eigenvalue weighted by Crippen LogP contribution is 2.13. The molecule has 102 valence electrons. The van der Waals surface area contributed by atoms with Crippen LogP contribution in [-0.2, 0) is 19.4 Å². The number of amides is 1. The number of nitrogens with two attached hydrogens (primary N) is 1. The van der Waals surface area contributed by atoms with Crippen LogP contribution in [-0.4, -0.2) is 51.6 Å². The summed E-state index contributed by atoms with van der Waals surface area (Å²) in [6.07, 6.45) is 1.55. The zero-order chi connectivity index (χ0) is 13.7. The van der Waals surface area contributed by atoms with E-state index in [1.807, 2.05) is 0 Å². The van der Waals surface area contributed by atoms with Crippen LogP contribution in [0.3, 0.4) is 0 Å². The highest BCUT2D eigenvalue weighted by molar-refractivity contribution is 7.92. The molecular weight excluding hydrogens is 244 g/mol. The molecule has 0 heterocycles. The third-order valence-corrected chi connectivity index (χ3v) is 4.81. The van der Waals surface area contributed by atoms with Gasteiger partial charge in [0.05, 0.1) is 10.8 Å². The highest BCUT2D eigenvalue weighted by Gasteiger charge is 2.31. The molecule has 0 saturated heterocycles. The van der Waals surface area contributed by atoms with Gasteiger partial charge in [0.15, 0.2) is 9.84 Å². The molecule has 6 nitrogen and oxygen atoms in total. The molecule has 1 amide bonds. The van der Waals surface area contributed by atoms with Crippen LogP contribution in [0.4, 0.5) is 0 Å². The van der Waals surface area contributed by atoms with Crippen LogP contribution in [0.5, 0.6) is 0 Å². The third kappa shape index (κ3) is 5.47. The molecule has 0 aliphatic carbocycles. The van der Waals surface area contributed by atoms with Gasteiger partial charge in [-0.1, -0.05) is 0 Å². The van der Waals surface area contributed by atoms with E-state index in [4.69, 9.17) is 10.5 Å². The van der Waals surface area contributed by atoms with Gasteiger partial charge in [0.25, 0.3) is 0 Å². The number of carbonyl (C=O) groups excluding carboxylic acids is 1. The summed E-state index contributed by atoms with van der Waals surface area (Å²) in [5.74, 6) is -0.362. The van der Waals surface area contributed by atoms with E-state index in [1.165, 1.54) is 7.11 Å². The standard InChI is InChI=1S/C10H22N2O4S/c1-10(2,17(4,14)15)7-12-9(13)8(11)5-6-16-3/h8H,5-7,11H2,1-4H3,(H,12,13). The molecule has 17 heavy (non-hydrogen) atoms. The van der Waals surface area contributed by atoms with E-state index in [0.29, 0.717) is 13.0 Å². The quantitative estimate of drug-likeness (QED) is 0.634.